The lowest BCUT2D eigenvalue weighted by Crippen LogP contribution is -2.10. The van der Waals surface area contributed by atoms with Gasteiger partial charge in [-0.15, -0.1) is 11.6 Å². The molecule has 0 aliphatic carbocycles. The average molecular weight is 302 g/mol. The SMILES string of the molecule is [B]Sc1nc2cc(NC(=O)CCCCCCC)ccc2o1. The maximum atomic E-state index is 11.9. The third-order valence-corrected chi connectivity index (χ3v) is 3.64. The van der Waals surface area contributed by atoms with E-state index in [4.69, 9.17) is 11.5 Å². The van der Waals surface area contributed by atoms with E-state index in [9.17, 15) is 4.79 Å². The lowest BCUT2D eigenvalue weighted by molar-refractivity contribution is -0.116. The van der Waals surface area contributed by atoms with Crippen molar-refractivity contribution in [2.24, 2.45) is 0 Å². The van der Waals surface area contributed by atoms with E-state index in [-0.39, 0.29) is 5.91 Å². The number of carbonyl (C=O) groups is 1. The summed E-state index contributed by atoms with van der Waals surface area (Å²) < 4.78 is 5.39. The van der Waals surface area contributed by atoms with Gasteiger partial charge < -0.3 is 9.73 Å². The second-order valence-corrected chi connectivity index (χ2v) is 5.58. The monoisotopic (exact) mass is 302 g/mol. The highest BCUT2D eigenvalue weighted by Crippen LogP contribution is 2.24. The molecule has 0 atom stereocenters. The largest absolute Gasteiger partial charge is 0.432 e. The molecule has 2 radical (unpaired) electrons. The van der Waals surface area contributed by atoms with Crippen LogP contribution in [0, 0.1) is 0 Å². The van der Waals surface area contributed by atoms with Crippen LogP contribution < -0.4 is 5.32 Å². The van der Waals surface area contributed by atoms with E-state index in [0.29, 0.717) is 22.7 Å². The highest BCUT2D eigenvalue weighted by Gasteiger charge is 2.07. The molecule has 1 amide bonds. The van der Waals surface area contributed by atoms with Crippen LogP contribution in [0.15, 0.2) is 27.8 Å². The predicted octanol–water partition coefficient (Wildman–Crippen LogP) is 4.30. The van der Waals surface area contributed by atoms with Gasteiger partial charge >= 0.3 is 0 Å². The molecule has 110 valence electrons. The van der Waals surface area contributed by atoms with Crippen LogP contribution in [0.2, 0.25) is 0 Å². The number of nitrogens with one attached hydrogen (secondary N) is 1. The summed E-state index contributed by atoms with van der Waals surface area (Å²) in [6, 6.07) is 5.40. The summed E-state index contributed by atoms with van der Waals surface area (Å²) in [5, 5.41) is 3.31. The third-order valence-electron chi connectivity index (χ3n) is 3.26. The Morgan fingerprint density at radius 2 is 2.14 bits per heavy atom. The number of anilines is 1. The molecule has 6 heteroatoms. The Morgan fingerprint density at radius 3 is 2.90 bits per heavy atom. The average Bonchev–Trinajstić information content (AvgIpc) is 2.89. The molecule has 2 rings (SSSR count). The van der Waals surface area contributed by atoms with Gasteiger partial charge in [0.05, 0.1) is 0 Å². The molecule has 2 aromatic rings. The van der Waals surface area contributed by atoms with Crippen molar-refractivity contribution in [3.05, 3.63) is 18.2 Å². The number of aromatic nitrogens is 1. The molecule has 4 nitrogen and oxygen atoms in total. The number of rotatable bonds is 8. The molecule has 21 heavy (non-hydrogen) atoms. The molecule has 1 aromatic carbocycles. The molecule has 0 aliphatic rings. The zero-order chi connectivity index (χ0) is 15.1. The van der Waals surface area contributed by atoms with E-state index in [0.717, 1.165) is 30.1 Å². The van der Waals surface area contributed by atoms with Gasteiger partial charge in [-0.3, -0.25) is 4.79 Å². The van der Waals surface area contributed by atoms with Gasteiger partial charge in [0.1, 0.15) is 5.52 Å². The molecule has 0 spiro atoms. The first-order chi connectivity index (χ1) is 10.2. The van der Waals surface area contributed by atoms with Crippen LogP contribution in [-0.4, -0.2) is 18.0 Å². The van der Waals surface area contributed by atoms with E-state index in [2.05, 4.69) is 17.2 Å². The van der Waals surface area contributed by atoms with Crippen LogP contribution >= 0.6 is 11.6 Å². The Kier molecular flexibility index (Phi) is 6.17. The third kappa shape index (κ3) is 4.81. The topological polar surface area (TPSA) is 55.1 Å². The number of oxazole rings is 1. The molecule has 1 N–H and O–H groups in total. The number of benzene rings is 1. The van der Waals surface area contributed by atoms with Crippen LogP contribution in [0.25, 0.3) is 11.1 Å². The fourth-order valence-corrected chi connectivity index (χ4v) is 2.44. The molecule has 0 fully saturated rings. The summed E-state index contributed by atoms with van der Waals surface area (Å²) in [5.74, 6) is 0.0442. The molecule has 0 aliphatic heterocycles. The standard InChI is InChI=1S/C15H19BN2O2S/c1-2-3-4-5-6-7-14(19)17-11-8-9-13-12(10-11)18-15(20-13)21-16/h8-10H,2-7H2,1H3,(H,17,19). The second kappa shape index (κ2) is 8.12. The van der Waals surface area contributed by atoms with Crippen LogP contribution in [0.1, 0.15) is 45.4 Å². The van der Waals surface area contributed by atoms with Crippen LogP contribution in [0.5, 0.6) is 0 Å². The fraction of sp³-hybridized carbons (Fsp3) is 0.467. The smallest absolute Gasteiger partial charge is 0.244 e. The van der Waals surface area contributed by atoms with Crippen molar-refractivity contribution in [2.75, 3.05) is 5.32 Å². The molecular weight excluding hydrogens is 283 g/mol. The molecular formula is C15H19BN2O2S. The molecule has 0 saturated carbocycles. The summed E-state index contributed by atoms with van der Waals surface area (Å²) in [5.41, 5.74) is 2.10. The Hall–Kier alpha value is -1.43. The number of nitrogens with zero attached hydrogens (tertiary/aromatic N) is 1. The first-order valence-corrected chi connectivity index (χ1v) is 8.18. The highest BCUT2D eigenvalue weighted by atomic mass is 32.2. The number of amides is 1. The van der Waals surface area contributed by atoms with Crippen molar-refractivity contribution < 1.29 is 9.21 Å². The Bertz CT molecular complexity index is 600. The van der Waals surface area contributed by atoms with E-state index < -0.39 is 0 Å². The van der Waals surface area contributed by atoms with E-state index in [1.165, 1.54) is 19.3 Å². The van der Waals surface area contributed by atoms with Crippen molar-refractivity contribution in [3.8, 4) is 0 Å². The summed E-state index contributed by atoms with van der Waals surface area (Å²) in [6.07, 6.45) is 6.27. The number of unbranched alkanes of at least 4 members (excludes halogenated alkanes) is 4. The van der Waals surface area contributed by atoms with Gasteiger partial charge in [-0.25, -0.2) is 4.98 Å². The van der Waals surface area contributed by atoms with Crippen molar-refractivity contribution in [3.63, 3.8) is 0 Å². The van der Waals surface area contributed by atoms with Crippen LogP contribution in [-0.2, 0) is 4.79 Å². The van der Waals surface area contributed by atoms with E-state index >= 15 is 0 Å². The fourth-order valence-electron chi connectivity index (χ4n) is 2.15. The van der Waals surface area contributed by atoms with E-state index in [1.54, 1.807) is 12.1 Å². The van der Waals surface area contributed by atoms with Gasteiger partial charge in [-0.1, -0.05) is 32.6 Å². The lowest BCUT2D eigenvalue weighted by atomic mass is 10.1. The first-order valence-electron chi connectivity index (χ1n) is 7.30. The molecule has 1 heterocycles. The van der Waals surface area contributed by atoms with Gasteiger partial charge in [0.25, 0.3) is 0 Å². The lowest BCUT2D eigenvalue weighted by Gasteiger charge is -2.04. The molecule has 0 saturated heterocycles. The van der Waals surface area contributed by atoms with Gasteiger partial charge in [0, 0.05) is 12.1 Å². The van der Waals surface area contributed by atoms with Crippen molar-refractivity contribution in [1.29, 1.82) is 0 Å². The van der Waals surface area contributed by atoms with Gasteiger partial charge in [0.2, 0.25) is 11.1 Å². The zero-order valence-electron chi connectivity index (χ0n) is 12.2. The first kappa shape index (κ1) is 16.0. The number of hydrogen-bond donors (Lipinski definition) is 1. The number of fused-ring (bicyclic) bond motifs is 1. The van der Waals surface area contributed by atoms with Gasteiger partial charge in [0.15, 0.2) is 12.7 Å². The molecule has 1 aromatic heterocycles. The minimum atomic E-state index is 0.0442. The maximum Gasteiger partial charge on any atom is 0.244 e. The Labute approximate surface area is 130 Å². The predicted molar refractivity (Wildman–Crippen MR) is 87.6 cm³/mol. The quantitative estimate of drug-likeness (QED) is 0.583. The van der Waals surface area contributed by atoms with E-state index in [1.807, 2.05) is 6.07 Å². The minimum Gasteiger partial charge on any atom is -0.432 e. The summed E-state index contributed by atoms with van der Waals surface area (Å²) in [6.45, 7) is 2.18. The van der Waals surface area contributed by atoms with Crippen molar-refractivity contribution in [1.82, 2.24) is 4.98 Å². The summed E-state index contributed by atoms with van der Waals surface area (Å²) in [7, 11) is 5.41. The summed E-state index contributed by atoms with van der Waals surface area (Å²) >= 11 is 0.967. The minimum absolute atomic E-state index is 0.0442. The highest BCUT2D eigenvalue weighted by molar-refractivity contribution is 8.19. The zero-order valence-corrected chi connectivity index (χ0v) is 13.0. The summed E-state index contributed by atoms with van der Waals surface area (Å²) in [4.78, 5) is 16.1. The van der Waals surface area contributed by atoms with Gasteiger partial charge in [-0.2, -0.15) is 0 Å². The second-order valence-electron chi connectivity index (χ2n) is 4.99. The van der Waals surface area contributed by atoms with Crippen LogP contribution in [0.4, 0.5) is 5.69 Å². The maximum absolute atomic E-state index is 11.9. The number of hydrogen-bond acceptors (Lipinski definition) is 4. The Morgan fingerprint density at radius 1 is 1.33 bits per heavy atom. The number of carbonyl (C=O) groups excluding carboxylic acids is 1. The van der Waals surface area contributed by atoms with Crippen molar-refractivity contribution in [2.45, 2.75) is 50.7 Å². The normalized spacial score (nSPS) is 10.9. The molecule has 0 bridgehead atoms. The Balaban J connectivity index is 1.85. The van der Waals surface area contributed by atoms with Crippen LogP contribution in [0.3, 0.4) is 0 Å². The molecule has 0 unspecified atom stereocenters. The van der Waals surface area contributed by atoms with Gasteiger partial charge in [-0.05, 0) is 24.6 Å². The van der Waals surface area contributed by atoms with Crippen molar-refractivity contribution >= 4 is 41.4 Å².